The zero-order chi connectivity index (χ0) is 25.5. The molecule has 0 nitrogen and oxygen atoms in total. The highest BCUT2D eigenvalue weighted by atomic mass is 19.2. The average Bonchev–Trinajstić information content (AvgIpc) is 2.90. The third-order valence-electron chi connectivity index (χ3n) is 6.47. The van der Waals surface area contributed by atoms with E-state index in [0.29, 0.717) is 5.56 Å². The summed E-state index contributed by atoms with van der Waals surface area (Å²) < 4.78 is 44.1. The van der Waals surface area contributed by atoms with Gasteiger partial charge in [-0.05, 0) is 58.7 Å². The van der Waals surface area contributed by atoms with Gasteiger partial charge in [-0.3, -0.25) is 0 Å². The second-order valence-corrected chi connectivity index (χ2v) is 9.14. The minimum Gasteiger partial charge on any atom is -0.207 e. The van der Waals surface area contributed by atoms with Crippen LogP contribution in [0.2, 0.25) is 0 Å². The summed E-state index contributed by atoms with van der Waals surface area (Å²) in [5.74, 6) is -1.89. The molecule has 0 aliphatic carbocycles. The Bertz CT molecular complexity index is 1330. The minimum atomic E-state index is -0.864. The quantitative estimate of drug-likeness (QED) is 0.207. The lowest BCUT2D eigenvalue weighted by Gasteiger charge is -2.08. The normalized spacial score (nSPS) is 11.4. The summed E-state index contributed by atoms with van der Waals surface area (Å²) in [4.78, 5) is 0. The van der Waals surface area contributed by atoms with E-state index in [-0.39, 0.29) is 16.9 Å². The first kappa shape index (κ1) is 25.5. The zero-order valence-corrected chi connectivity index (χ0v) is 20.8. The molecule has 0 amide bonds. The van der Waals surface area contributed by atoms with Crippen molar-refractivity contribution in [2.24, 2.45) is 0 Å². The summed E-state index contributed by atoms with van der Waals surface area (Å²) in [6, 6.07) is 23.8. The number of rotatable bonds is 9. The van der Waals surface area contributed by atoms with Gasteiger partial charge < -0.3 is 0 Å². The summed E-state index contributed by atoms with van der Waals surface area (Å²) >= 11 is 0. The summed E-state index contributed by atoms with van der Waals surface area (Å²) in [5.41, 5.74) is 5.59. The molecule has 0 heterocycles. The van der Waals surface area contributed by atoms with E-state index in [2.05, 4.69) is 13.8 Å². The summed E-state index contributed by atoms with van der Waals surface area (Å²) in [5, 5.41) is 0. The summed E-state index contributed by atoms with van der Waals surface area (Å²) in [6.07, 6.45) is 8.07. The van der Waals surface area contributed by atoms with Crippen molar-refractivity contribution in [2.45, 2.75) is 46.0 Å². The first-order chi connectivity index (χ1) is 17.5. The molecule has 184 valence electrons. The molecule has 0 bridgehead atoms. The maximum Gasteiger partial charge on any atom is 0.167 e. The van der Waals surface area contributed by atoms with Crippen molar-refractivity contribution in [3.63, 3.8) is 0 Å². The van der Waals surface area contributed by atoms with Crippen LogP contribution in [0, 0.1) is 17.5 Å². The van der Waals surface area contributed by atoms with Crippen LogP contribution in [0.5, 0.6) is 0 Å². The fourth-order valence-corrected chi connectivity index (χ4v) is 4.33. The van der Waals surface area contributed by atoms with Gasteiger partial charge in [-0.25, -0.2) is 13.2 Å². The molecule has 0 saturated carbocycles. The van der Waals surface area contributed by atoms with Gasteiger partial charge in [0.1, 0.15) is 5.82 Å². The van der Waals surface area contributed by atoms with Crippen molar-refractivity contribution in [2.75, 3.05) is 0 Å². The van der Waals surface area contributed by atoms with Crippen LogP contribution in [0.15, 0.2) is 78.9 Å². The molecule has 0 unspecified atom stereocenters. The monoisotopic (exact) mass is 484 g/mol. The van der Waals surface area contributed by atoms with Crippen molar-refractivity contribution >= 4 is 12.2 Å². The number of halogens is 3. The fraction of sp³-hybridized carbons (Fsp3) is 0.212. The van der Waals surface area contributed by atoms with Crippen molar-refractivity contribution in [3.8, 4) is 22.3 Å². The first-order valence-corrected chi connectivity index (χ1v) is 12.6. The first-order valence-electron chi connectivity index (χ1n) is 12.6. The van der Waals surface area contributed by atoms with Crippen LogP contribution in [0.25, 0.3) is 34.4 Å². The van der Waals surface area contributed by atoms with Gasteiger partial charge in [0.05, 0.1) is 0 Å². The Morgan fingerprint density at radius 3 is 1.97 bits per heavy atom. The van der Waals surface area contributed by atoms with Crippen molar-refractivity contribution in [3.05, 3.63) is 119 Å². The standard InChI is InChI=1S/C33H31F3/c1-3-5-7-27-18-19-29(22-31(27)34)25-13-8-24(9-14-25)12-17-28-20-21-30(33(36)32(28)35)26-15-10-23(6-4-2)11-16-26/h8-22H,3-7H2,1-2H3. The highest BCUT2D eigenvalue weighted by Crippen LogP contribution is 2.28. The molecule has 4 aromatic carbocycles. The molecule has 0 aliphatic heterocycles. The van der Waals surface area contributed by atoms with E-state index < -0.39 is 11.6 Å². The molecular formula is C33H31F3. The predicted molar refractivity (Wildman–Crippen MR) is 145 cm³/mol. The Hall–Kier alpha value is -3.59. The summed E-state index contributed by atoms with van der Waals surface area (Å²) in [7, 11) is 0. The second-order valence-electron chi connectivity index (χ2n) is 9.14. The van der Waals surface area contributed by atoms with Gasteiger partial charge in [0.2, 0.25) is 0 Å². The van der Waals surface area contributed by atoms with E-state index in [0.717, 1.165) is 54.4 Å². The van der Waals surface area contributed by atoms with Gasteiger partial charge in [0, 0.05) is 11.1 Å². The van der Waals surface area contributed by atoms with Gasteiger partial charge in [-0.1, -0.05) is 112 Å². The van der Waals surface area contributed by atoms with Gasteiger partial charge in [0.15, 0.2) is 11.6 Å². The van der Waals surface area contributed by atoms with Crippen LogP contribution in [0.4, 0.5) is 13.2 Å². The molecule has 4 aromatic rings. The lowest BCUT2D eigenvalue weighted by molar-refractivity contribution is 0.509. The second kappa shape index (κ2) is 11.9. The van der Waals surface area contributed by atoms with Crippen LogP contribution >= 0.6 is 0 Å². The molecule has 0 spiro atoms. The zero-order valence-electron chi connectivity index (χ0n) is 20.8. The molecule has 0 saturated heterocycles. The SMILES string of the molecule is CCCCc1ccc(-c2ccc(C=Cc3ccc(-c4ccc(CCC)cc4)c(F)c3F)cc2)cc1F. The lowest BCUT2D eigenvalue weighted by atomic mass is 9.99. The van der Waals surface area contributed by atoms with Gasteiger partial charge in [-0.2, -0.15) is 0 Å². The number of hydrogen-bond donors (Lipinski definition) is 0. The van der Waals surface area contributed by atoms with E-state index in [1.54, 1.807) is 30.4 Å². The Kier molecular flexibility index (Phi) is 8.43. The Balaban J connectivity index is 1.49. The molecule has 0 radical (unpaired) electrons. The third kappa shape index (κ3) is 5.96. The summed E-state index contributed by atoms with van der Waals surface area (Å²) in [6.45, 7) is 4.20. The van der Waals surface area contributed by atoms with Crippen molar-refractivity contribution in [1.82, 2.24) is 0 Å². The number of benzene rings is 4. The fourth-order valence-electron chi connectivity index (χ4n) is 4.33. The number of hydrogen-bond acceptors (Lipinski definition) is 0. The maximum atomic E-state index is 14.9. The smallest absolute Gasteiger partial charge is 0.167 e. The molecule has 3 heteroatoms. The minimum absolute atomic E-state index is 0.178. The highest BCUT2D eigenvalue weighted by molar-refractivity contribution is 5.74. The largest absolute Gasteiger partial charge is 0.207 e. The molecule has 0 aromatic heterocycles. The lowest BCUT2D eigenvalue weighted by Crippen LogP contribution is -1.94. The predicted octanol–water partition coefficient (Wildman–Crippen LogP) is 9.90. The highest BCUT2D eigenvalue weighted by Gasteiger charge is 2.13. The topological polar surface area (TPSA) is 0 Å². The Morgan fingerprint density at radius 2 is 1.31 bits per heavy atom. The van der Waals surface area contributed by atoms with E-state index in [1.165, 1.54) is 5.56 Å². The van der Waals surface area contributed by atoms with Crippen molar-refractivity contribution < 1.29 is 13.2 Å². The van der Waals surface area contributed by atoms with Crippen LogP contribution in [-0.2, 0) is 12.8 Å². The Labute approximate surface area is 212 Å². The van der Waals surface area contributed by atoms with Crippen LogP contribution < -0.4 is 0 Å². The average molecular weight is 485 g/mol. The van der Waals surface area contributed by atoms with Gasteiger partial charge >= 0.3 is 0 Å². The molecule has 4 rings (SSSR count). The molecule has 0 fully saturated rings. The third-order valence-corrected chi connectivity index (χ3v) is 6.47. The Morgan fingerprint density at radius 1 is 0.611 bits per heavy atom. The van der Waals surface area contributed by atoms with Crippen molar-refractivity contribution in [1.29, 1.82) is 0 Å². The molecule has 36 heavy (non-hydrogen) atoms. The van der Waals surface area contributed by atoms with Crippen LogP contribution in [0.1, 0.15) is 55.4 Å². The van der Waals surface area contributed by atoms with E-state index in [9.17, 15) is 13.2 Å². The van der Waals surface area contributed by atoms with Crippen LogP contribution in [0.3, 0.4) is 0 Å². The van der Waals surface area contributed by atoms with E-state index in [1.807, 2.05) is 60.7 Å². The van der Waals surface area contributed by atoms with E-state index in [4.69, 9.17) is 0 Å². The van der Waals surface area contributed by atoms with E-state index >= 15 is 0 Å². The van der Waals surface area contributed by atoms with Gasteiger partial charge in [0.25, 0.3) is 0 Å². The van der Waals surface area contributed by atoms with Crippen LogP contribution in [-0.4, -0.2) is 0 Å². The molecule has 0 aliphatic rings. The number of aryl methyl sites for hydroxylation is 2. The van der Waals surface area contributed by atoms with Gasteiger partial charge in [-0.15, -0.1) is 0 Å². The number of unbranched alkanes of at least 4 members (excludes halogenated alkanes) is 1. The maximum absolute atomic E-state index is 14.9. The molecular weight excluding hydrogens is 453 g/mol. The molecule has 0 atom stereocenters. The molecule has 0 N–H and O–H groups in total.